The number of halogens is 2. The molecule has 2 heterocycles. The van der Waals surface area contributed by atoms with Gasteiger partial charge in [-0.05, 0) is 37.1 Å². The van der Waals surface area contributed by atoms with Crippen LogP contribution in [0.5, 0.6) is 5.75 Å². The molecule has 1 aromatic heterocycles. The van der Waals surface area contributed by atoms with E-state index in [4.69, 9.17) is 27.9 Å². The first-order valence-corrected chi connectivity index (χ1v) is 13.6. The first kappa shape index (κ1) is 24.9. The summed E-state index contributed by atoms with van der Waals surface area (Å²) < 4.78 is 35.1. The summed E-state index contributed by atoms with van der Waals surface area (Å²) >= 11 is 12.7. The average molecular weight is 541 g/mol. The van der Waals surface area contributed by atoms with Gasteiger partial charge in [0.1, 0.15) is 11.4 Å². The minimum absolute atomic E-state index is 0.0280. The molecule has 1 aliphatic rings. The fraction of sp³-hybridized carbons (Fsp3) is 0.318. The minimum Gasteiger partial charge on any atom is -0.487 e. The van der Waals surface area contributed by atoms with E-state index in [2.05, 4.69) is 20.2 Å². The van der Waals surface area contributed by atoms with E-state index in [0.717, 1.165) is 29.7 Å². The zero-order valence-electron chi connectivity index (χ0n) is 18.3. The molecule has 0 saturated heterocycles. The number of fused-ring (bicyclic) bond motifs is 1. The maximum atomic E-state index is 13.2. The van der Waals surface area contributed by atoms with Crippen LogP contribution in [-0.4, -0.2) is 30.1 Å². The lowest BCUT2D eigenvalue weighted by Gasteiger charge is -2.41. The lowest BCUT2D eigenvalue weighted by molar-refractivity contribution is 0.0260. The Morgan fingerprint density at radius 3 is 2.62 bits per heavy atom. The number of nitrogens with one attached hydrogen (secondary N) is 2. The van der Waals surface area contributed by atoms with Gasteiger partial charge in [-0.3, -0.25) is 10.1 Å². The number of hydrogen-bond acceptors (Lipinski definition) is 7. The van der Waals surface area contributed by atoms with Crippen molar-refractivity contribution in [2.24, 2.45) is 0 Å². The van der Waals surface area contributed by atoms with Gasteiger partial charge in [-0.25, -0.2) is 13.1 Å². The summed E-state index contributed by atoms with van der Waals surface area (Å²) in [6, 6.07) is 11.3. The Labute approximate surface area is 211 Å². The Bertz CT molecular complexity index is 1330. The molecule has 2 N–H and O–H groups in total. The quantitative estimate of drug-likeness (QED) is 0.385. The Kier molecular flexibility index (Phi) is 7.16. The van der Waals surface area contributed by atoms with Crippen molar-refractivity contribution in [3.63, 3.8) is 0 Å². The summed E-state index contributed by atoms with van der Waals surface area (Å²) in [5.41, 5.74) is 0.469. The van der Waals surface area contributed by atoms with E-state index in [1.165, 1.54) is 18.2 Å². The van der Waals surface area contributed by atoms with Gasteiger partial charge in [0, 0.05) is 17.0 Å². The highest BCUT2D eigenvalue weighted by atomic mass is 35.5. The Morgan fingerprint density at radius 1 is 1.18 bits per heavy atom. The van der Waals surface area contributed by atoms with Crippen LogP contribution in [0.4, 0.5) is 5.13 Å². The highest BCUT2D eigenvalue weighted by molar-refractivity contribution is 7.91. The number of sulfonamides is 1. The third-order valence-corrected chi connectivity index (χ3v) is 9.04. The monoisotopic (exact) mass is 540 g/mol. The van der Waals surface area contributed by atoms with E-state index in [-0.39, 0.29) is 20.1 Å². The van der Waals surface area contributed by atoms with Crippen molar-refractivity contribution in [1.82, 2.24) is 14.9 Å². The maximum absolute atomic E-state index is 13.2. The third kappa shape index (κ3) is 5.06. The fourth-order valence-electron chi connectivity index (χ4n) is 3.85. The molecule has 1 amide bonds. The van der Waals surface area contributed by atoms with Gasteiger partial charge in [0.15, 0.2) is 0 Å². The predicted octanol–water partition coefficient (Wildman–Crippen LogP) is 5.46. The number of amides is 1. The van der Waals surface area contributed by atoms with Crippen molar-refractivity contribution in [2.45, 2.75) is 49.1 Å². The Hall–Kier alpha value is -2.24. The van der Waals surface area contributed by atoms with Crippen molar-refractivity contribution in [3.8, 4) is 5.75 Å². The molecule has 8 nitrogen and oxygen atoms in total. The summed E-state index contributed by atoms with van der Waals surface area (Å²) in [4.78, 5) is 12.5. The second-order valence-electron chi connectivity index (χ2n) is 7.86. The van der Waals surface area contributed by atoms with Gasteiger partial charge in [0.25, 0.3) is 15.9 Å². The van der Waals surface area contributed by atoms with Crippen LogP contribution >= 0.6 is 34.5 Å². The maximum Gasteiger partial charge on any atom is 0.270 e. The van der Waals surface area contributed by atoms with E-state index in [0.29, 0.717) is 17.2 Å². The third-order valence-electron chi connectivity index (χ3n) is 5.82. The van der Waals surface area contributed by atoms with Gasteiger partial charge in [0.05, 0.1) is 16.6 Å². The summed E-state index contributed by atoms with van der Waals surface area (Å²) in [5, 5.41) is 10.7. The van der Waals surface area contributed by atoms with Crippen LogP contribution in [-0.2, 0) is 10.0 Å². The lowest BCUT2D eigenvalue weighted by Crippen LogP contribution is -2.44. The number of para-hydroxylation sites is 1. The fourth-order valence-corrected chi connectivity index (χ4v) is 6.47. The normalized spacial score (nSPS) is 17.0. The smallest absolute Gasteiger partial charge is 0.270 e. The van der Waals surface area contributed by atoms with E-state index in [9.17, 15) is 13.2 Å². The lowest BCUT2D eigenvalue weighted by atomic mass is 9.84. The van der Waals surface area contributed by atoms with Crippen molar-refractivity contribution in [2.75, 3.05) is 5.32 Å². The van der Waals surface area contributed by atoms with E-state index < -0.39 is 27.6 Å². The highest BCUT2D eigenvalue weighted by Gasteiger charge is 2.40. The average Bonchev–Trinajstić information content (AvgIpc) is 3.28. The molecule has 180 valence electrons. The summed E-state index contributed by atoms with van der Waals surface area (Å²) in [6.45, 7) is 4.05. The molecule has 0 fully saturated rings. The molecule has 0 aliphatic carbocycles. The van der Waals surface area contributed by atoms with Crippen molar-refractivity contribution >= 4 is 55.6 Å². The van der Waals surface area contributed by atoms with Crippen LogP contribution in [0.3, 0.4) is 0 Å². The molecule has 0 bridgehead atoms. The molecule has 0 unspecified atom stereocenters. The van der Waals surface area contributed by atoms with Crippen LogP contribution in [0, 0.1) is 0 Å². The van der Waals surface area contributed by atoms with Crippen molar-refractivity contribution < 1.29 is 17.9 Å². The Morgan fingerprint density at radius 2 is 1.91 bits per heavy atom. The van der Waals surface area contributed by atoms with E-state index >= 15 is 0 Å². The Balaban J connectivity index is 1.55. The number of nitrogens with zero attached hydrogens (tertiary/aromatic N) is 2. The summed E-state index contributed by atoms with van der Waals surface area (Å²) in [7, 11) is -4.02. The number of carbonyl (C=O) groups is 1. The SMILES string of the molecule is CCC1(CC)C[C@H](NS(=O)(=O)c2nnc(NC(=O)c3ccc(Cl)cc3Cl)s2)c2ccccc2O1. The second-order valence-corrected chi connectivity index (χ2v) is 11.6. The van der Waals surface area contributed by atoms with Crippen LogP contribution in [0.15, 0.2) is 46.8 Å². The molecule has 2 aromatic carbocycles. The first-order chi connectivity index (χ1) is 16.2. The largest absolute Gasteiger partial charge is 0.487 e. The minimum atomic E-state index is -4.02. The van der Waals surface area contributed by atoms with Gasteiger partial charge >= 0.3 is 0 Å². The van der Waals surface area contributed by atoms with Crippen molar-refractivity contribution in [1.29, 1.82) is 0 Å². The van der Waals surface area contributed by atoms with Gasteiger partial charge < -0.3 is 4.74 Å². The molecule has 0 spiro atoms. The molecular weight excluding hydrogens is 519 g/mol. The number of carbonyl (C=O) groups excluding carboxylic acids is 1. The molecule has 0 saturated carbocycles. The molecule has 1 atom stereocenters. The molecule has 3 aromatic rings. The topological polar surface area (TPSA) is 110 Å². The van der Waals surface area contributed by atoms with Crippen LogP contribution in [0.2, 0.25) is 10.0 Å². The molecule has 4 rings (SSSR count). The number of benzene rings is 2. The zero-order valence-corrected chi connectivity index (χ0v) is 21.5. The van der Waals surface area contributed by atoms with Crippen LogP contribution < -0.4 is 14.8 Å². The van der Waals surface area contributed by atoms with E-state index in [1.807, 2.05) is 38.1 Å². The summed E-state index contributed by atoms with van der Waals surface area (Å²) in [5.74, 6) is 0.110. The number of rotatable bonds is 7. The van der Waals surface area contributed by atoms with Crippen molar-refractivity contribution in [3.05, 3.63) is 63.6 Å². The highest BCUT2D eigenvalue weighted by Crippen LogP contribution is 2.43. The van der Waals surface area contributed by atoms with Gasteiger partial charge in [-0.2, -0.15) is 0 Å². The zero-order chi connectivity index (χ0) is 24.5. The van der Waals surface area contributed by atoms with Crippen LogP contribution in [0.1, 0.15) is 55.1 Å². The van der Waals surface area contributed by atoms with Gasteiger partial charge in [-0.1, -0.05) is 66.6 Å². The van der Waals surface area contributed by atoms with E-state index in [1.54, 1.807) is 0 Å². The number of anilines is 1. The van der Waals surface area contributed by atoms with Crippen LogP contribution in [0.25, 0.3) is 0 Å². The van der Waals surface area contributed by atoms with Gasteiger partial charge in [-0.15, -0.1) is 10.2 Å². The number of hydrogen-bond donors (Lipinski definition) is 2. The standard InChI is InChI=1S/C22H22Cl2N4O4S2/c1-3-22(4-2)12-17(15-7-5-6-8-18(15)32-22)28-34(30,31)21-27-26-20(33-21)25-19(29)14-10-9-13(23)11-16(14)24/h5-11,17,28H,3-4,12H2,1-2H3,(H,25,26,29)/t17-/m0/s1. The number of ether oxygens (including phenoxy) is 1. The molecule has 0 radical (unpaired) electrons. The first-order valence-electron chi connectivity index (χ1n) is 10.6. The second kappa shape index (κ2) is 9.79. The predicted molar refractivity (Wildman–Crippen MR) is 132 cm³/mol. The molecule has 1 aliphatic heterocycles. The molecule has 34 heavy (non-hydrogen) atoms. The molecular formula is C22H22Cl2N4O4S2. The summed E-state index contributed by atoms with van der Waals surface area (Å²) in [6.07, 6.45) is 1.95. The van der Waals surface area contributed by atoms with Gasteiger partial charge in [0.2, 0.25) is 9.47 Å². The number of aromatic nitrogens is 2. The molecule has 12 heteroatoms.